The van der Waals surface area contributed by atoms with Gasteiger partial charge in [-0.3, -0.25) is 0 Å². The molecule has 1 N–H and O–H groups in total. The molecule has 0 radical (unpaired) electrons. The zero-order chi connectivity index (χ0) is 14.1. The van der Waals surface area contributed by atoms with Crippen LogP contribution in [-0.2, 0) is 9.31 Å². The van der Waals surface area contributed by atoms with Gasteiger partial charge in [0.2, 0.25) is 0 Å². The molecule has 1 saturated heterocycles. The molecule has 1 aromatic heterocycles. The van der Waals surface area contributed by atoms with Crippen molar-refractivity contribution >= 4 is 18.4 Å². The van der Waals surface area contributed by atoms with Crippen molar-refractivity contribution in [3.05, 3.63) is 30.6 Å². The van der Waals surface area contributed by atoms with Gasteiger partial charge in [0, 0.05) is 11.7 Å². The minimum Gasteiger partial charge on any atom is -0.399 e. The number of hydrogen-bond donors (Lipinski definition) is 1. The van der Waals surface area contributed by atoms with Crippen LogP contribution in [0.15, 0.2) is 30.6 Å². The van der Waals surface area contributed by atoms with E-state index in [1.54, 1.807) is 6.20 Å². The molecule has 2 rings (SSSR count). The number of anilines is 1. The van der Waals surface area contributed by atoms with Crippen LogP contribution in [0.25, 0.3) is 0 Å². The predicted octanol–water partition coefficient (Wildman–Crippen LogP) is 2.33. The maximum Gasteiger partial charge on any atom is 0.496 e. The van der Waals surface area contributed by atoms with Gasteiger partial charge in [0.05, 0.1) is 11.2 Å². The summed E-state index contributed by atoms with van der Waals surface area (Å²) in [6.07, 6.45) is 5.55. The number of allylic oxidation sites excluding steroid dienone is 1. The molecule has 0 atom stereocenters. The lowest BCUT2D eigenvalue weighted by atomic mass is 9.80. The average Bonchev–Trinajstić information content (AvgIpc) is 2.56. The van der Waals surface area contributed by atoms with Crippen LogP contribution in [0.3, 0.4) is 0 Å². The molecule has 1 aromatic rings. The predicted molar refractivity (Wildman–Crippen MR) is 78.4 cm³/mol. The highest BCUT2D eigenvalue weighted by molar-refractivity contribution is 6.62. The van der Waals surface area contributed by atoms with Gasteiger partial charge in [-0.2, -0.15) is 0 Å². The first kappa shape index (κ1) is 14.1. The van der Waals surface area contributed by atoms with E-state index in [2.05, 4.69) is 10.3 Å². The fourth-order valence-electron chi connectivity index (χ4n) is 1.78. The Morgan fingerprint density at radius 1 is 1.16 bits per heavy atom. The van der Waals surface area contributed by atoms with Crippen molar-refractivity contribution in [3.63, 3.8) is 0 Å². The fourth-order valence-corrected chi connectivity index (χ4v) is 1.78. The van der Waals surface area contributed by atoms with Crippen molar-refractivity contribution in [3.8, 4) is 0 Å². The molecule has 19 heavy (non-hydrogen) atoms. The maximum absolute atomic E-state index is 5.97. The number of hydrogen-bond acceptors (Lipinski definition) is 4. The summed E-state index contributed by atoms with van der Waals surface area (Å²) in [6, 6.07) is 3.89. The molecule has 0 spiro atoms. The highest BCUT2D eigenvalue weighted by atomic mass is 16.7. The molecule has 2 heterocycles. The van der Waals surface area contributed by atoms with E-state index in [0.717, 1.165) is 11.3 Å². The lowest BCUT2D eigenvalue weighted by Gasteiger charge is -2.32. The number of pyridine rings is 1. The third-order valence-corrected chi connectivity index (χ3v) is 3.71. The van der Waals surface area contributed by atoms with Crippen molar-refractivity contribution < 1.29 is 9.31 Å². The normalized spacial score (nSPS) is 21.0. The van der Waals surface area contributed by atoms with Crippen molar-refractivity contribution in [1.29, 1.82) is 0 Å². The topological polar surface area (TPSA) is 43.4 Å². The summed E-state index contributed by atoms with van der Waals surface area (Å²) in [7, 11) is -0.353. The second-order valence-corrected chi connectivity index (χ2v) is 5.71. The molecule has 0 aliphatic carbocycles. The highest BCUT2D eigenvalue weighted by Gasteiger charge is 2.51. The van der Waals surface area contributed by atoms with Crippen molar-refractivity contribution in [2.45, 2.75) is 45.8 Å². The Morgan fingerprint density at radius 3 is 2.26 bits per heavy atom. The van der Waals surface area contributed by atoms with E-state index in [1.165, 1.54) is 0 Å². The Labute approximate surface area is 115 Å². The van der Waals surface area contributed by atoms with Gasteiger partial charge in [0.15, 0.2) is 0 Å². The van der Waals surface area contributed by atoms with Crippen LogP contribution in [0.5, 0.6) is 0 Å². The van der Waals surface area contributed by atoms with Crippen molar-refractivity contribution in [2.75, 3.05) is 5.32 Å². The van der Waals surface area contributed by atoms with E-state index in [9.17, 15) is 0 Å². The van der Waals surface area contributed by atoms with Crippen LogP contribution in [0.4, 0.5) is 5.82 Å². The first-order valence-electron chi connectivity index (χ1n) is 6.55. The van der Waals surface area contributed by atoms with E-state index >= 15 is 0 Å². The Kier molecular flexibility index (Phi) is 3.70. The summed E-state index contributed by atoms with van der Waals surface area (Å²) >= 11 is 0. The van der Waals surface area contributed by atoms with E-state index < -0.39 is 0 Å². The highest BCUT2D eigenvalue weighted by Crippen LogP contribution is 2.36. The van der Waals surface area contributed by atoms with Crippen LogP contribution in [-0.4, -0.2) is 23.3 Å². The molecule has 0 saturated carbocycles. The Hall–Kier alpha value is -1.33. The van der Waals surface area contributed by atoms with Gasteiger partial charge in [0.25, 0.3) is 0 Å². The summed E-state index contributed by atoms with van der Waals surface area (Å²) in [5, 5.41) is 3.07. The van der Waals surface area contributed by atoms with Crippen molar-refractivity contribution in [2.24, 2.45) is 0 Å². The second-order valence-electron chi connectivity index (χ2n) is 5.71. The van der Waals surface area contributed by atoms with Crippen LogP contribution in [0.1, 0.15) is 34.6 Å². The van der Waals surface area contributed by atoms with E-state index in [1.807, 2.05) is 59.0 Å². The van der Waals surface area contributed by atoms with Gasteiger partial charge < -0.3 is 14.6 Å². The molecule has 1 aliphatic heterocycles. The number of aromatic nitrogens is 1. The van der Waals surface area contributed by atoms with Gasteiger partial charge in [0.1, 0.15) is 5.82 Å². The van der Waals surface area contributed by atoms with Crippen molar-refractivity contribution in [1.82, 2.24) is 4.98 Å². The summed E-state index contributed by atoms with van der Waals surface area (Å²) in [6.45, 7) is 10.1. The third kappa shape index (κ3) is 2.82. The smallest absolute Gasteiger partial charge is 0.399 e. The van der Waals surface area contributed by atoms with E-state index in [-0.39, 0.29) is 18.3 Å². The second kappa shape index (κ2) is 4.98. The molecule has 0 aromatic carbocycles. The standard InChI is InChI=1S/C14H21BN2O2/c1-6-9-16-12-8-7-11(10-17-12)15-18-13(2,3)14(4,5)19-15/h6-10H,1-5H3,(H,16,17)/b9-6-. The van der Waals surface area contributed by atoms with Crippen LogP contribution in [0, 0.1) is 0 Å². The van der Waals surface area contributed by atoms with E-state index in [0.29, 0.717) is 0 Å². The van der Waals surface area contributed by atoms with Gasteiger partial charge >= 0.3 is 7.12 Å². The molecular formula is C14H21BN2O2. The molecule has 102 valence electrons. The minimum absolute atomic E-state index is 0.320. The van der Waals surface area contributed by atoms with Gasteiger partial charge in [-0.15, -0.1) is 0 Å². The Bertz CT molecular complexity index is 453. The number of nitrogens with one attached hydrogen (secondary N) is 1. The summed E-state index contributed by atoms with van der Waals surface area (Å²) in [5.74, 6) is 0.804. The van der Waals surface area contributed by atoms with E-state index in [4.69, 9.17) is 9.31 Å². The molecule has 4 nitrogen and oxygen atoms in total. The SMILES string of the molecule is C/C=C\Nc1ccc(B2OC(C)(C)C(C)(C)O2)cn1. The molecule has 5 heteroatoms. The lowest BCUT2D eigenvalue weighted by Crippen LogP contribution is -2.41. The number of nitrogens with zero attached hydrogens (tertiary/aromatic N) is 1. The quantitative estimate of drug-likeness (QED) is 0.847. The lowest BCUT2D eigenvalue weighted by molar-refractivity contribution is 0.00578. The summed E-state index contributed by atoms with van der Waals surface area (Å²) in [5.41, 5.74) is 0.295. The first-order chi connectivity index (χ1) is 8.86. The van der Waals surface area contributed by atoms with Crippen LogP contribution in [0.2, 0.25) is 0 Å². The molecule has 0 unspecified atom stereocenters. The fraction of sp³-hybridized carbons (Fsp3) is 0.500. The van der Waals surface area contributed by atoms with Gasteiger partial charge in [-0.25, -0.2) is 4.98 Å². The maximum atomic E-state index is 5.97. The molecule has 1 aliphatic rings. The zero-order valence-electron chi connectivity index (χ0n) is 12.2. The molecule has 1 fully saturated rings. The monoisotopic (exact) mass is 260 g/mol. The third-order valence-electron chi connectivity index (χ3n) is 3.71. The molecular weight excluding hydrogens is 239 g/mol. The summed E-state index contributed by atoms with van der Waals surface area (Å²) in [4.78, 5) is 4.33. The van der Waals surface area contributed by atoms with Gasteiger partial charge in [-0.1, -0.05) is 12.1 Å². The van der Waals surface area contributed by atoms with Crippen LogP contribution < -0.4 is 10.8 Å². The Morgan fingerprint density at radius 2 is 1.79 bits per heavy atom. The molecule has 0 bridgehead atoms. The van der Waals surface area contributed by atoms with Gasteiger partial charge in [-0.05, 0) is 46.9 Å². The van der Waals surface area contributed by atoms with Crippen LogP contribution >= 0.6 is 0 Å². The summed E-state index contributed by atoms with van der Waals surface area (Å²) < 4.78 is 11.9. The average molecular weight is 260 g/mol. The minimum atomic E-state index is -0.353. The Balaban J connectivity index is 2.12. The zero-order valence-corrected chi connectivity index (χ0v) is 12.2. The first-order valence-corrected chi connectivity index (χ1v) is 6.55. The largest absolute Gasteiger partial charge is 0.496 e. The number of rotatable bonds is 3. The molecule has 0 amide bonds.